The van der Waals surface area contributed by atoms with Crippen LogP contribution in [0.4, 0.5) is 0 Å². The molecule has 2 fully saturated rings. The number of aliphatic hydroxyl groups is 1. The summed E-state index contributed by atoms with van der Waals surface area (Å²) in [6.07, 6.45) is 7.27. The van der Waals surface area contributed by atoms with E-state index in [1.807, 2.05) is 0 Å². The van der Waals surface area contributed by atoms with E-state index in [2.05, 4.69) is 12.2 Å². The normalized spacial score (nSPS) is 39.2. The first-order valence-corrected chi connectivity index (χ1v) is 7.18. The molecule has 1 heterocycles. The fourth-order valence-corrected chi connectivity index (χ4v) is 3.35. The Morgan fingerprint density at radius 3 is 2.88 bits per heavy atom. The zero-order chi connectivity index (χ0) is 12.1. The average Bonchev–Trinajstić information content (AvgIpc) is 2.38. The lowest BCUT2D eigenvalue weighted by molar-refractivity contribution is 0.0409. The molecule has 2 aliphatic rings. The maximum atomic E-state index is 9.70. The van der Waals surface area contributed by atoms with Crippen molar-refractivity contribution >= 4 is 0 Å². The lowest BCUT2D eigenvalue weighted by Gasteiger charge is -2.41. The molecule has 0 radical (unpaired) electrons. The van der Waals surface area contributed by atoms with E-state index in [-0.39, 0.29) is 12.1 Å². The van der Waals surface area contributed by atoms with Crippen LogP contribution in [-0.4, -0.2) is 37.0 Å². The molecule has 100 valence electrons. The van der Waals surface area contributed by atoms with Crippen LogP contribution in [0.3, 0.4) is 0 Å². The van der Waals surface area contributed by atoms with Gasteiger partial charge in [0, 0.05) is 18.7 Å². The lowest BCUT2D eigenvalue weighted by Crippen LogP contribution is -2.53. The molecule has 1 aliphatic carbocycles. The van der Waals surface area contributed by atoms with E-state index in [0.29, 0.717) is 5.92 Å². The standard InChI is InChI=1S/C14H27NO2/c1-12-4-2-6-14(8-12,11-16)15-9-13-5-3-7-17-10-13/h12-13,15-16H,2-11H2,1H3. The number of ether oxygens (including phenoxy) is 1. The van der Waals surface area contributed by atoms with Crippen LogP contribution in [0.2, 0.25) is 0 Å². The molecule has 0 bridgehead atoms. The van der Waals surface area contributed by atoms with Gasteiger partial charge in [0.15, 0.2) is 0 Å². The van der Waals surface area contributed by atoms with Crippen LogP contribution in [0.5, 0.6) is 0 Å². The summed E-state index contributed by atoms with van der Waals surface area (Å²) in [4.78, 5) is 0. The summed E-state index contributed by atoms with van der Waals surface area (Å²) in [6, 6.07) is 0. The minimum Gasteiger partial charge on any atom is -0.394 e. The molecule has 3 atom stereocenters. The Labute approximate surface area is 105 Å². The third kappa shape index (κ3) is 3.67. The molecular weight excluding hydrogens is 214 g/mol. The Kier molecular flexibility index (Phi) is 4.83. The van der Waals surface area contributed by atoms with Crippen LogP contribution in [0, 0.1) is 11.8 Å². The SMILES string of the molecule is CC1CCCC(CO)(NCC2CCCOC2)C1. The second-order valence-electron chi connectivity index (χ2n) is 6.10. The van der Waals surface area contributed by atoms with Gasteiger partial charge >= 0.3 is 0 Å². The smallest absolute Gasteiger partial charge is 0.0613 e. The molecule has 2 N–H and O–H groups in total. The average molecular weight is 241 g/mol. The molecule has 1 saturated heterocycles. The van der Waals surface area contributed by atoms with Gasteiger partial charge < -0.3 is 15.2 Å². The molecule has 2 rings (SSSR count). The maximum Gasteiger partial charge on any atom is 0.0613 e. The summed E-state index contributed by atoms with van der Waals surface area (Å²) in [5, 5.41) is 13.3. The Bertz CT molecular complexity index is 228. The largest absolute Gasteiger partial charge is 0.394 e. The van der Waals surface area contributed by atoms with Gasteiger partial charge in [0.25, 0.3) is 0 Å². The van der Waals surface area contributed by atoms with Gasteiger partial charge in [-0.15, -0.1) is 0 Å². The minimum absolute atomic E-state index is 0.00485. The third-order valence-electron chi connectivity index (χ3n) is 4.41. The van der Waals surface area contributed by atoms with Crippen LogP contribution in [0.1, 0.15) is 45.4 Å². The summed E-state index contributed by atoms with van der Waals surface area (Å²) in [6.45, 7) is 5.41. The van der Waals surface area contributed by atoms with Crippen molar-refractivity contribution in [2.75, 3.05) is 26.4 Å². The summed E-state index contributed by atoms with van der Waals surface area (Å²) in [5.41, 5.74) is -0.00485. The van der Waals surface area contributed by atoms with E-state index in [1.54, 1.807) is 0 Å². The number of hydrogen-bond acceptors (Lipinski definition) is 3. The van der Waals surface area contributed by atoms with Crippen molar-refractivity contribution in [3.8, 4) is 0 Å². The Morgan fingerprint density at radius 1 is 1.35 bits per heavy atom. The van der Waals surface area contributed by atoms with Crippen molar-refractivity contribution in [2.45, 2.75) is 51.0 Å². The Morgan fingerprint density at radius 2 is 2.24 bits per heavy atom. The first kappa shape index (κ1) is 13.3. The van der Waals surface area contributed by atoms with E-state index in [4.69, 9.17) is 4.74 Å². The molecule has 3 unspecified atom stereocenters. The predicted molar refractivity (Wildman–Crippen MR) is 69.0 cm³/mol. The molecule has 1 saturated carbocycles. The van der Waals surface area contributed by atoms with Gasteiger partial charge in [0.2, 0.25) is 0 Å². The van der Waals surface area contributed by atoms with Crippen molar-refractivity contribution in [1.82, 2.24) is 5.32 Å². The fraction of sp³-hybridized carbons (Fsp3) is 1.00. The van der Waals surface area contributed by atoms with Crippen molar-refractivity contribution in [3.63, 3.8) is 0 Å². The molecule has 0 aromatic heterocycles. The van der Waals surface area contributed by atoms with Gasteiger partial charge in [-0.25, -0.2) is 0 Å². The van der Waals surface area contributed by atoms with Gasteiger partial charge in [-0.1, -0.05) is 19.8 Å². The third-order valence-corrected chi connectivity index (χ3v) is 4.41. The summed E-state index contributed by atoms with van der Waals surface area (Å²) in [7, 11) is 0. The molecule has 3 heteroatoms. The van der Waals surface area contributed by atoms with E-state index in [0.717, 1.165) is 38.5 Å². The molecule has 17 heavy (non-hydrogen) atoms. The topological polar surface area (TPSA) is 41.5 Å². The minimum atomic E-state index is -0.00485. The van der Waals surface area contributed by atoms with Crippen LogP contribution in [0.25, 0.3) is 0 Å². The molecular formula is C14H27NO2. The van der Waals surface area contributed by atoms with E-state index < -0.39 is 0 Å². The number of nitrogens with one attached hydrogen (secondary N) is 1. The molecule has 0 aromatic carbocycles. The fourth-order valence-electron chi connectivity index (χ4n) is 3.35. The molecule has 1 aliphatic heterocycles. The Balaban J connectivity index is 1.81. The number of hydrogen-bond donors (Lipinski definition) is 2. The van der Waals surface area contributed by atoms with E-state index in [1.165, 1.54) is 25.7 Å². The van der Waals surface area contributed by atoms with Crippen LogP contribution < -0.4 is 5.32 Å². The zero-order valence-corrected chi connectivity index (χ0v) is 11.1. The molecule has 3 nitrogen and oxygen atoms in total. The van der Waals surface area contributed by atoms with Gasteiger partial charge in [-0.2, -0.15) is 0 Å². The predicted octanol–water partition coefficient (Wildman–Crippen LogP) is 1.94. The second kappa shape index (κ2) is 6.17. The van der Waals surface area contributed by atoms with Crippen LogP contribution in [-0.2, 0) is 4.74 Å². The first-order valence-electron chi connectivity index (χ1n) is 7.18. The summed E-state index contributed by atoms with van der Waals surface area (Å²) in [5.74, 6) is 1.38. The Hall–Kier alpha value is -0.120. The molecule has 0 aromatic rings. The highest BCUT2D eigenvalue weighted by Gasteiger charge is 2.34. The highest BCUT2D eigenvalue weighted by Crippen LogP contribution is 2.32. The molecule has 0 spiro atoms. The quantitative estimate of drug-likeness (QED) is 0.790. The van der Waals surface area contributed by atoms with Gasteiger partial charge in [0.05, 0.1) is 13.2 Å². The monoisotopic (exact) mass is 241 g/mol. The second-order valence-corrected chi connectivity index (χ2v) is 6.10. The van der Waals surface area contributed by atoms with Crippen molar-refractivity contribution in [1.29, 1.82) is 0 Å². The van der Waals surface area contributed by atoms with Crippen molar-refractivity contribution in [3.05, 3.63) is 0 Å². The van der Waals surface area contributed by atoms with Crippen LogP contribution >= 0.6 is 0 Å². The summed E-state index contributed by atoms with van der Waals surface area (Å²) < 4.78 is 5.51. The van der Waals surface area contributed by atoms with Gasteiger partial charge in [-0.05, 0) is 37.5 Å². The molecule has 0 amide bonds. The van der Waals surface area contributed by atoms with Crippen LogP contribution in [0.15, 0.2) is 0 Å². The van der Waals surface area contributed by atoms with Crippen molar-refractivity contribution < 1.29 is 9.84 Å². The van der Waals surface area contributed by atoms with Crippen molar-refractivity contribution in [2.24, 2.45) is 11.8 Å². The van der Waals surface area contributed by atoms with Gasteiger partial charge in [0.1, 0.15) is 0 Å². The maximum absolute atomic E-state index is 9.70. The highest BCUT2D eigenvalue weighted by atomic mass is 16.5. The summed E-state index contributed by atoms with van der Waals surface area (Å²) >= 11 is 0. The number of rotatable bonds is 4. The van der Waals surface area contributed by atoms with E-state index >= 15 is 0 Å². The highest BCUT2D eigenvalue weighted by molar-refractivity contribution is 4.93. The zero-order valence-electron chi connectivity index (χ0n) is 11.1. The van der Waals surface area contributed by atoms with Gasteiger partial charge in [-0.3, -0.25) is 0 Å². The number of aliphatic hydroxyl groups excluding tert-OH is 1. The van der Waals surface area contributed by atoms with E-state index in [9.17, 15) is 5.11 Å². The lowest BCUT2D eigenvalue weighted by atomic mass is 9.76. The first-order chi connectivity index (χ1) is 8.24.